The normalized spacial score (nSPS) is 19.7. The third kappa shape index (κ3) is 4.22. The van der Waals surface area contributed by atoms with E-state index in [1.807, 2.05) is 24.3 Å². The monoisotopic (exact) mass is 455 g/mol. The third-order valence-corrected chi connectivity index (χ3v) is 6.83. The van der Waals surface area contributed by atoms with E-state index in [4.69, 9.17) is 4.74 Å². The van der Waals surface area contributed by atoms with Crippen molar-refractivity contribution in [2.24, 2.45) is 0 Å². The summed E-state index contributed by atoms with van der Waals surface area (Å²) in [5, 5.41) is 0. The summed E-state index contributed by atoms with van der Waals surface area (Å²) < 4.78 is 5.39. The zero-order valence-electron chi connectivity index (χ0n) is 19.3. The Kier molecular flexibility index (Phi) is 6.43. The molecule has 0 radical (unpaired) electrons. The van der Waals surface area contributed by atoms with E-state index in [2.05, 4.69) is 58.3 Å². The van der Waals surface area contributed by atoms with Crippen LogP contribution in [0.1, 0.15) is 23.6 Å². The van der Waals surface area contributed by atoms with Gasteiger partial charge in [-0.1, -0.05) is 72.8 Å². The highest BCUT2D eigenvalue weighted by Crippen LogP contribution is 2.34. The highest BCUT2D eigenvalue weighted by atomic mass is 16.5. The van der Waals surface area contributed by atoms with E-state index in [1.54, 1.807) is 19.2 Å². The topological polar surface area (TPSA) is 53.1 Å². The van der Waals surface area contributed by atoms with Crippen LogP contribution in [0.3, 0.4) is 0 Å². The van der Waals surface area contributed by atoms with Gasteiger partial charge < -0.3 is 4.74 Å². The molecule has 2 heterocycles. The number of carbonyl (C=O) groups excluding carboxylic acids is 2. The van der Waals surface area contributed by atoms with Gasteiger partial charge in [-0.15, -0.1) is 0 Å². The van der Waals surface area contributed by atoms with E-state index >= 15 is 0 Å². The number of benzene rings is 3. The van der Waals surface area contributed by atoms with Crippen molar-refractivity contribution in [3.63, 3.8) is 0 Å². The summed E-state index contributed by atoms with van der Waals surface area (Å²) >= 11 is 0. The van der Waals surface area contributed by atoms with Crippen LogP contribution in [0.4, 0.5) is 5.69 Å². The van der Waals surface area contributed by atoms with Gasteiger partial charge in [-0.05, 0) is 23.3 Å². The van der Waals surface area contributed by atoms with E-state index in [-0.39, 0.29) is 24.3 Å². The minimum atomic E-state index is -0.425. The summed E-state index contributed by atoms with van der Waals surface area (Å²) in [6.07, 6.45) is 0.206. The molecular weight excluding hydrogens is 426 g/mol. The molecule has 0 saturated carbocycles. The molecule has 0 N–H and O–H groups in total. The highest BCUT2D eigenvalue weighted by molar-refractivity contribution is 6.23. The maximum absolute atomic E-state index is 13.3. The van der Waals surface area contributed by atoms with Crippen molar-refractivity contribution in [1.29, 1.82) is 0 Å². The summed E-state index contributed by atoms with van der Waals surface area (Å²) in [4.78, 5) is 32.1. The van der Waals surface area contributed by atoms with Crippen molar-refractivity contribution in [3.8, 4) is 5.75 Å². The molecule has 2 aliphatic heterocycles. The van der Waals surface area contributed by atoms with Crippen LogP contribution in [0.25, 0.3) is 0 Å². The average Bonchev–Trinajstić information content (AvgIpc) is 3.19. The summed E-state index contributed by atoms with van der Waals surface area (Å²) in [6, 6.07) is 28.0. The summed E-state index contributed by atoms with van der Waals surface area (Å²) in [7, 11) is 1.55. The van der Waals surface area contributed by atoms with Gasteiger partial charge in [-0.3, -0.25) is 19.4 Å². The fourth-order valence-electron chi connectivity index (χ4n) is 5.16. The molecule has 34 heavy (non-hydrogen) atoms. The van der Waals surface area contributed by atoms with Gasteiger partial charge in [-0.25, -0.2) is 4.90 Å². The first-order chi connectivity index (χ1) is 16.7. The van der Waals surface area contributed by atoms with Crippen molar-refractivity contribution < 1.29 is 14.3 Å². The van der Waals surface area contributed by atoms with Gasteiger partial charge in [0.2, 0.25) is 5.91 Å². The molecule has 2 fully saturated rings. The van der Waals surface area contributed by atoms with E-state index in [1.165, 1.54) is 16.0 Å². The molecule has 0 aromatic heterocycles. The number of para-hydroxylation sites is 2. The fraction of sp³-hybridized carbons (Fsp3) is 0.286. The first-order valence-corrected chi connectivity index (χ1v) is 11.7. The van der Waals surface area contributed by atoms with Crippen molar-refractivity contribution in [3.05, 3.63) is 96.1 Å². The first kappa shape index (κ1) is 22.3. The average molecular weight is 456 g/mol. The molecular formula is C28H29N3O3. The number of imide groups is 1. The maximum atomic E-state index is 13.3. The van der Waals surface area contributed by atoms with Crippen LogP contribution in [0.15, 0.2) is 84.9 Å². The number of methoxy groups -OCH3 is 1. The number of hydrogen-bond donors (Lipinski definition) is 0. The lowest BCUT2D eigenvalue weighted by Crippen LogP contribution is -2.53. The molecule has 2 amide bonds. The molecule has 5 rings (SSSR count). The van der Waals surface area contributed by atoms with Gasteiger partial charge in [0.15, 0.2) is 0 Å². The Balaban J connectivity index is 1.32. The minimum Gasteiger partial charge on any atom is -0.495 e. The number of hydrogen-bond acceptors (Lipinski definition) is 5. The van der Waals surface area contributed by atoms with Gasteiger partial charge in [-0.2, -0.15) is 0 Å². The lowest BCUT2D eigenvalue weighted by molar-refractivity contribution is -0.123. The van der Waals surface area contributed by atoms with Gasteiger partial charge in [0.1, 0.15) is 5.75 Å². The Labute approximate surface area is 200 Å². The molecule has 2 aliphatic rings. The Bertz CT molecular complexity index is 1100. The molecule has 0 aliphatic carbocycles. The molecule has 174 valence electrons. The van der Waals surface area contributed by atoms with Gasteiger partial charge in [0.25, 0.3) is 5.91 Å². The van der Waals surface area contributed by atoms with Gasteiger partial charge >= 0.3 is 0 Å². The van der Waals surface area contributed by atoms with E-state index in [0.717, 1.165) is 26.2 Å². The Hall–Kier alpha value is -3.48. The minimum absolute atomic E-state index is 0.161. The Morgan fingerprint density at radius 1 is 0.765 bits per heavy atom. The third-order valence-electron chi connectivity index (χ3n) is 6.83. The lowest BCUT2D eigenvalue weighted by Gasteiger charge is -2.41. The number of amides is 2. The van der Waals surface area contributed by atoms with Crippen molar-refractivity contribution >= 4 is 17.5 Å². The van der Waals surface area contributed by atoms with Crippen LogP contribution >= 0.6 is 0 Å². The molecule has 1 atom stereocenters. The standard InChI is InChI=1S/C28H29N3O3/c1-34-25-15-9-8-14-23(25)31-26(32)20-24(28(31)33)29-16-18-30(19-17-29)27(21-10-4-2-5-11-21)22-12-6-3-7-13-22/h2-15,24,27H,16-20H2,1H3/t24-/m0/s1. The number of anilines is 1. The van der Waals surface area contributed by atoms with E-state index in [0.29, 0.717) is 11.4 Å². The number of rotatable bonds is 6. The second-order valence-electron chi connectivity index (χ2n) is 8.75. The second-order valence-corrected chi connectivity index (χ2v) is 8.75. The number of ether oxygens (including phenoxy) is 1. The molecule has 0 bridgehead atoms. The maximum Gasteiger partial charge on any atom is 0.251 e. The van der Waals surface area contributed by atoms with Crippen LogP contribution in [-0.2, 0) is 9.59 Å². The van der Waals surface area contributed by atoms with Crippen LogP contribution in [0.5, 0.6) is 5.75 Å². The zero-order valence-corrected chi connectivity index (χ0v) is 19.3. The van der Waals surface area contributed by atoms with Crippen LogP contribution in [-0.4, -0.2) is 60.9 Å². The smallest absolute Gasteiger partial charge is 0.251 e. The quantitative estimate of drug-likeness (QED) is 0.530. The second kappa shape index (κ2) is 9.79. The Morgan fingerprint density at radius 3 is 1.91 bits per heavy atom. The summed E-state index contributed by atoms with van der Waals surface area (Å²) in [5.74, 6) is 0.197. The van der Waals surface area contributed by atoms with Crippen molar-refractivity contribution in [2.75, 3.05) is 38.2 Å². The first-order valence-electron chi connectivity index (χ1n) is 11.7. The molecule has 6 heteroatoms. The van der Waals surface area contributed by atoms with Crippen molar-refractivity contribution in [2.45, 2.75) is 18.5 Å². The fourth-order valence-corrected chi connectivity index (χ4v) is 5.16. The van der Waals surface area contributed by atoms with Crippen LogP contribution in [0, 0.1) is 0 Å². The van der Waals surface area contributed by atoms with E-state index < -0.39 is 6.04 Å². The SMILES string of the molecule is COc1ccccc1N1C(=O)C[C@H](N2CCN(C(c3ccccc3)c3ccccc3)CC2)C1=O. The van der Waals surface area contributed by atoms with E-state index in [9.17, 15) is 9.59 Å². The number of piperazine rings is 1. The molecule has 6 nitrogen and oxygen atoms in total. The summed E-state index contributed by atoms with van der Waals surface area (Å²) in [5.41, 5.74) is 3.04. The van der Waals surface area contributed by atoms with Gasteiger partial charge in [0.05, 0.1) is 31.3 Å². The molecule has 3 aromatic rings. The summed E-state index contributed by atoms with van der Waals surface area (Å²) in [6.45, 7) is 3.11. The van der Waals surface area contributed by atoms with Crippen molar-refractivity contribution in [1.82, 2.24) is 9.80 Å². The Morgan fingerprint density at radius 2 is 1.32 bits per heavy atom. The number of nitrogens with zero attached hydrogens (tertiary/aromatic N) is 3. The molecule has 0 spiro atoms. The zero-order chi connectivity index (χ0) is 23.5. The van der Waals surface area contributed by atoms with Gasteiger partial charge in [0, 0.05) is 26.2 Å². The largest absolute Gasteiger partial charge is 0.495 e. The molecule has 2 saturated heterocycles. The van der Waals surface area contributed by atoms with Crippen LogP contribution < -0.4 is 9.64 Å². The highest BCUT2D eigenvalue weighted by Gasteiger charge is 2.44. The van der Waals surface area contributed by atoms with Crippen LogP contribution in [0.2, 0.25) is 0 Å². The predicted octanol–water partition coefficient (Wildman–Crippen LogP) is 3.73. The number of carbonyl (C=O) groups is 2. The molecule has 0 unspecified atom stereocenters. The molecule has 3 aromatic carbocycles. The predicted molar refractivity (Wildman–Crippen MR) is 132 cm³/mol. The lowest BCUT2D eigenvalue weighted by atomic mass is 9.96.